The molecule has 1 aliphatic carbocycles. The lowest BCUT2D eigenvalue weighted by atomic mass is 9.91. The van der Waals surface area contributed by atoms with Gasteiger partial charge in [-0.05, 0) is 111 Å². The minimum atomic E-state index is -1.06. The maximum absolute atomic E-state index is 13.8. The number of hydrogen-bond acceptors (Lipinski definition) is 7. The van der Waals surface area contributed by atoms with E-state index in [0.29, 0.717) is 61.3 Å². The van der Waals surface area contributed by atoms with Crippen LogP contribution in [0.4, 0.5) is 9.59 Å². The fourth-order valence-corrected chi connectivity index (χ4v) is 9.20. The van der Waals surface area contributed by atoms with Gasteiger partial charge in [-0.15, -0.1) is 0 Å². The third kappa shape index (κ3) is 8.70. The van der Waals surface area contributed by atoms with E-state index >= 15 is 0 Å². The highest BCUT2D eigenvalue weighted by molar-refractivity contribution is 6.36. The zero-order valence-corrected chi connectivity index (χ0v) is 35.4. The standard InChI is InChI=1S/C47H49ClN6O7/c1-27-35(30-17-19-54-40(23-30)49-24-32(44(54)57)25-52(46(60)61-47(2,3)4)26-33-15-16-41(55)50-33)8-5-9-36(27)38-11-6-10-37(42(38)48)29-14-13-28-21-34(22-31(28)20-29)51-43(56)39-12-7-18-53(39)45(58)59/h5-6,8-11,13-14,17,19-20,23-24,33-34,39H,7,12,15-16,18,21-22,25-26H2,1-4H3,(H,50,55)(H,51,56)(H,58,59)/t33-,34?,39-/m0/s1. The molecule has 14 heteroatoms. The van der Waals surface area contributed by atoms with Crippen LogP contribution >= 0.6 is 11.6 Å². The number of carboxylic acid groups (broad SMARTS) is 1. The van der Waals surface area contributed by atoms with Gasteiger partial charge in [0.1, 0.15) is 17.3 Å². The van der Waals surface area contributed by atoms with Crippen LogP contribution in [0.3, 0.4) is 0 Å². The molecule has 5 aromatic rings. The molecular weight excluding hydrogens is 796 g/mol. The lowest BCUT2D eigenvalue weighted by Gasteiger charge is -2.29. The van der Waals surface area contributed by atoms with E-state index in [1.807, 2.05) is 55.5 Å². The number of benzene rings is 3. The van der Waals surface area contributed by atoms with Crippen LogP contribution in [0, 0.1) is 6.92 Å². The zero-order chi connectivity index (χ0) is 43.2. The highest BCUT2D eigenvalue weighted by Crippen LogP contribution is 2.41. The van der Waals surface area contributed by atoms with E-state index in [0.717, 1.165) is 50.1 Å². The summed E-state index contributed by atoms with van der Waals surface area (Å²) in [5.41, 5.74) is 8.46. The molecule has 2 aliphatic heterocycles. The average molecular weight is 845 g/mol. The number of halogens is 1. The molecule has 3 aromatic carbocycles. The van der Waals surface area contributed by atoms with Gasteiger partial charge >= 0.3 is 12.2 Å². The quantitative estimate of drug-likeness (QED) is 0.138. The second-order valence-electron chi connectivity index (χ2n) is 17.3. The molecule has 2 saturated heterocycles. The number of ether oxygens (including phenoxy) is 1. The SMILES string of the molecule is Cc1c(-c2ccn3c(=O)c(CN(C[C@@H]4CCC(=O)N4)C(=O)OC(C)(C)C)cnc3c2)cccc1-c1cccc(-c2ccc3c(c2)CC(NC(=O)[C@@H]2CCCN2C(=O)O)C3)c1Cl. The van der Waals surface area contributed by atoms with Crippen molar-refractivity contribution in [3.63, 3.8) is 0 Å². The molecule has 2 aromatic heterocycles. The van der Waals surface area contributed by atoms with Crippen LogP contribution in [0.5, 0.6) is 0 Å². The molecule has 0 saturated carbocycles. The van der Waals surface area contributed by atoms with Crippen LogP contribution in [0.25, 0.3) is 39.0 Å². The molecule has 61 heavy (non-hydrogen) atoms. The van der Waals surface area contributed by atoms with Gasteiger partial charge in [-0.3, -0.25) is 23.7 Å². The van der Waals surface area contributed by atoms with Crippen LogP contribution in [-0.4, -0.2) is 85.1 Å². The second-order valence-corrected chi connectivity index (χ2v) is 17.7. The highest BCUT2D eigenvalue weighted by atomic mass is 35.5. The van der Waals surface area contributed by atoms with Crippen molar-refractivity contribution >= 4 is 41.2 Å². The number of pyridine rings is 1. The number of amides is 4. The summed E-state index contributed by atoms with van der Waals surface area (Å²) in [7, 11) is 0. The Labute approximate surface area is 358 Å². The van der Waals surface area contributed by atoms with Gasteiger partial charge in [-0.25, -0.2) is 14.6 Å². The van der Waals surface area contributed by atoms with Gasteiger partial charge in [0.2, 0.25) is 11.8 Å². The van der Waals surface area contributed by atoms with Gasteiger partial charge in [0, 0.05) is 55.1 Å². The monoisotopic (exact) mass is 844 g/mol. The maximum Gasteiger partial charge on any atom is 0.410 e. The summed E-state index contributed by atoms with van der Waals surface area (Å²) >= 11 is 7.25. The van der Waals surface area contributed by atoms with Crippen molar-refractivity contribution in [2.45, 2.75) is 96.5 Å². The number of rotatable bonds is 9. The smallest absolute Gasteiger partial charge is 0.410 e. The molecule has 8 rings (SSSR count). The molecule has 4 amide bonds. The van der Waals surface area contributed by atoms with E-state index in [4.69, 9.17) is 16.3 Å². The molecule has 2 fully saturated rings. The normalized spacial score (nSPS) is 18.5. The first kappa shape index (κ1) is 41.5. The average Bonchev–Trinajstić information content (AvgIpc) is 3.98. The summed E-state index contributed by atoms with van der Waals surface area (Å²) in [6.45, 7) is 7.94. The second kappa shape index (κ2) is 16.7. The Kier molecular flexibility index (Phi) is 11.4. The fourth-order valence-electron chi connectivity index (χ4n) is 8.86. The fraction of sp³-hybridized carbons (Fsp3) is 0.362. The van der Waals surface area contributed by atoms with E-state index in [2.05, 4.69) is 33.8 Å². The summed E-state index contributed by atoms with van der Waals surface area (Å²) in [6.07, 6.45) is 5.07. The number of hydrogen-bond donors (Lipinski definition) is 3. The van der Waals surface area contributed by atoms with E-state index in [9.17, 15) is 29.1 Å². The van der Waals surface area contributed by atoms with Crippen molar-refractivity contribution in [2.75, 3.05) is 13.1 Å². The largest absolute Gasteiger partial charge is 0.465 e. The Hall–Kier alpha value is -6.21. The van der Waals surface area contributed by atoms with E-state index in [1.165, 1.54) is 20.4 Å². The number of carbonyl (C=O) groups is 4. The molecular formula is C47H49ClN6O7. The van der Waals surface area contributed by atoms with Crippen molar-refractivity contribution in [3.05, 3.63) is 117 Å². The highest BCUT2D eigenvalue weighted by Gasteiger charge is 2.36. The third-order valence-electron chi connectivity index (χ3n) is 11.9. The maximum atomic E-state index is 13.8. The van der Waals surface area contributed by atoms with Crippen LogP contribution in [0.15, 0.2) is 83.9 Å². The molecule has 0 spiro atoms. The van der Waals surface area contributed by atoms with Crippen molar-refractivity contribution in [2.24, 2.45) is 0 Å². The summed E-state index contributed by atoms with van der Waals surface area (Å²) < 4.78 is 7.12. The van der Waals surface area contributed by atoms with Crippen molar-refractivity contribution in [3.8, 4) is 33.4 Å². The summed E-state index contributed by atoms with van der Waals surface area (Å²) in [5.74, 6) is -0.301. The molecule has 3 N–H and O–H groups in total. The van der Waals surface area contributed by atoms with Gasteiger partial charge in [-0.1, -0.05) is 66.2 Å². The van der Waals surface area contributed by atoms with E-state index in [-0.39, 0.29) is 42.5 Å². The molecule has 316 valence electrons. The lowest BCUT2D eigenvalue weighted by molar-refractivity contribution is -0.125. The van der Waals surface area contributed by atoms with Crippen molar-refractivity contribution in [1.29, 1.82) is 0 Å². The zero-order valence-electron chi connectivity index (χ0n) is 34.7. The van der Waals surface area contributed by atoms with Crippen LogP contribution in [-0.2, 0) is 33.7 Å². The van der Waals surface area contributed by atoms with Crippen molar-refractivity contribution in [1.82, 2.24) is 29.8 Å². The first-order chi connectivity index (χ1) is 29.1. The van der Waals surface area contributed by atoms with Gasteiger partial charge in [-0.2, -0.15) is 0 Å². The Bertz CT molecular complexity index is 2640. The number of likely N-dealkylation sites (tertiary alicyclic amines) is 1. The molecule has 3 aliphatic rings. The molecule has 0 bridgehead atoms. The molecule has 0 radical (unpaired) electrons. The Morgan fingerprint density at radius 1 is 0.951 bits per heavy atom. The van der Waals surface area contributed by atoms with E-state index in [1.54, 1.807) is 27.0 Å². The number of carbonyl (C=O) groups excluding carboxylic acids is 3. The number of aromatic nitrogens is 2. The topological polar surface area (TPSA) is 163 Å². The Morgan fingerprint density at radius 3 is 2.41 bits per heavy atom. The number of fused-ring (bicyclic) bond motifs is 2. The van der Waals surface area contributed by atoms with Crippen LogP contribution < -0.4 is 16.2 Å². The first-order valence-electron chi connectivity index (χ1n) is 20.7. The number of nitrogens with one attached hydrogen (secondary N) is 2. The predicted molar refractivity (Wildman–Crippen MR) is 232 cm³/mol. The summed E-state index contributed by atoms with van der Waals surface area (Å²) in [5, 5.41) is 16.1. The van der Waals surface area contributed by atoms with Gasteiger partial charge in [0.15, 0.2) is 0 Å². The molecule has 4 heterocycles. The van der Waals surface area contributed by atoms with E-state index < -0.39 is 23.8 Å². The molecule has 1 unspecified atom stereocenters. The Balaban J connectivity index is 1.02. The third-order valence-corrected chi connectivity index (χ3v) is 12.3. The first-order valence-corrected chi connectivity index (χ1v) is 21.1. The molecule has 3 atom stereocenters. The van der Waals surface area contributed by atoms with Crippen molar-refractivity contribution < 1.29 is 29.0 Å². The van der Waals surface area contributed by atoms with Crippen LogP contribution in [0.1, 0.15) is 68.7 Å². The number of nitrogens with zero attached hydrogens (tertiary/aromatic N) is 4. The van der Waals surface area contributed by atoms with Gasteiger partial charge < -0.3 is 25.4 Å². The summed E-state index contributed by atoms with van der Waals surface area (Å²) in [6, 6.07) is 21.1. The minimum Gasteiger partial charge on any atom is -0.465 e. The van der Waals surface area contributed by atoms with Gasteiger partial charge in [0.25, 0.3) is 5.56 Å². The van der Waals surface area contributed by atoms with Gasteiger partial charge in [0.05, 0.1) is 17.1 Å². The molecule has 13 nitrogen and oxygen atoms in total. The minimum absolute atomic E-state index is 0.0293. The lowest BCUT2D eigenvalue weighted by Crippen LogP contribution is -2.48. The predicted octanol–water partition coefficient (Wildman–Crippen LogP) is 7.40. The van der Waals surface area contributed by atoms with Crippen LogP contribution in [0.2, 0.25) is 5.02 Å². The Morgan fingerprint density at radius 2 is 1.67 bits per heavy atom. The summed E-state index contributed by atoms with van der Waals surface area (Å²) in [4.78, 5) is 71.0.